The first-order valence-electron chi connectivity index (χ1n) is 7.35. The summed E-state index contributed by atoms with van der Waals surface area (Å²) in [4.78, 5) is 50.4. The van der Waals surface area contributed by atoms with Crippen molar-refractivity contribution >= 4 is 35.1 Å². The number of carbonyl (C=O) groups is 4. The van der Waals surface area contributed by atoms with Crippen LogP contribution in [0.5, 0.6) is 0 Å². The number of rotatable bonds is 2. The lowest BCUT2D eigenvalue weighted by Crippen LogP contribution is -2.52. The second-order valence-electron chi connectivity index (χ2n) is 5.82. The summed E-state index contributed by atoms with van der Waals surface area (Å²) in [7, 11) is 1.09. The minimum absolute atomic E-state index is 0.249. The molecule has 2 unspecified atom stereocenters. The van der Waals surface area contributed by atoms with E-state index in [9.17, 15) is 23.6 Å². The normalized spacial score (nSPS) is 25.1. The van der Waals surface area contributed by atoms with Crippen LogP contribution in [0.2, 0.25) is 0 Å². The molecule has 1 aromatic carbocycles. The number of ether oxygens (including phenoxy) is 1. The summed E-state index contributed by atoms with van der Waals surface area (Å²) in [6.07, 6.45) is 0. The molecule has 2 aliphatic heterocycles. The first-order valence-corrected chi connectivity index (χ1v) is 7.35. The summed E-state index contributed by atoms with van der Waals surface area (Å²) in [6, 6.07) is 5.25. The zero-order valence-electron chi connectivity index (χ0n) is 13.6. The molecule has 0 aromatic heterocycles. The van der Waals surface area contributed by atoms with Gasteiger partial charge in [0.1, 0.15) is 11.7 Å². The third-order valence-corrected chi connectivity index (χ3v) is 4.37. The molecule has 3 amide bonds. The second-order valence-corrected chi connectivity index (χ2v) is 5.82. The van der Waals surface area contributed by atoms with Crippen LogP contribution in [-0.2, 0) is 23.9 Å². The predicted octanol–water partition coefficient (Wildman–Crippen LogP) is 0.465. The van der Waals surface area contributed by atoms with Crippen LogP contribution in [0.25, 0.3) is 0 Å². The van der Waals surface area contributed by atoms with Crippen LogP contribution in [-0.4, -0.2) is 47.1 Å². The highest BCUT2D eigenvalue weighted by Gasteiger charge is 2.68. The summed E-state index contributed by atoms with van der Waals surface area (Å²) >= 11 is 0. The summed E-state index contributed by atoms with van der Waals surface area (Å²) in [5.41, 5.74) is -2.37. The number of para-hydroxylation sites is 1. The van der Waals surface area contributed by atoms with Crippen molar-refractivity contribution in [3.63, 3.8) is 0 Å². The molecule has 8 nitrogen and oxygen atoms in total. The molecule has 9 heteroatoms. The lowest BCUT2D eigenvalue weighted by atomic mass is 9.85. The average molecular weight is 347 g/mol. The number of imide groups is 1. The average Bonchev–Trinajstić information content (AvgIpc) is 2.99. The highest BCUT2D eigenvalue weighted by Crippen LogP contribution is 2.43. The zero-order valence-corrected chi connectivity index (χ0v) is 13.6. The Hall–Kier alpha value is -3.10. The van der Waals surface area contributed by atoms with Gasteiger partial charge < -0.3 is 4.74 Å². The van der Waals surface area contributed by atoms with Crippen LogP contribution in [0.1, 0.15) is 13.8 Å². The van der Waals surface area contributed by atoms with Crippen molar-refractivity contribution in [1.29, 1.82) is 0 Å². The fourth-order valence-corrected chi connectivity index (χ4v) is 3.21. The number of anilines is 1. The van der Waals surface area contributed by atoms with Crippen LogP contribution in [0.3, 0.4) is 0 Å². The summed E-state index contributed by atoms with van der Waals surface area (Å²) in [5.74, 6) is -5.40. The molecule has 25 heavy (non-hydrogen) atoms. The fourth-order valence-electron chi connectivity index (χ4n) is 3.21. The molecule has 0 bridgehead atoms. The highest BCUT2D eigenvalue weighted by molar-refractivity contribution is 6.47. The predicted molar refractivity (Wildman–Crippen MR) is 82.8 cm³/mol. The number of methoxy groups -OCH3 is 1. The van der Waals surface area contributed by atoms with E-state index in [0.29, 0.717) is 4.90 Å². The van der Waals surface area contributed by atoms with Gasteiger partial charge in [-0.15, -0.1) is 0 Å². The van der Waals surface area contributed by atoms with Crippen molar-refractivity contribution in [1.82, 2.24) is 5.01 Å². The van der Waals surface area contributed by atoms with Crippen molar-refractivity contribution < 1.29 is 28.3 Å². The van der Waals surface area contributed by atoms with Gasteiger partial charge in [0.2, 0.25) is 11.8 Å². The van der Waals surface area contributed by atoms with Crippen LogP contribution in [0.15, 0.2) is 29.4 Å². The molecule has 0 aliphatic carbocycles. The van der Waals surface area contributed by atoms with E-state index in [2.05, 4.69) is 9.84 Å². The third kappa shape index (κ3) is 2.08. The summed E-state index contributed by atoms with van der Waals surface area (Å²) in [5, 5.41) is 4.61. The van der Waals surface area contributed by atoms with E-state index in [1.165, 1.54) is 25.1 Å². The Labute approximate surface area is 141 Å². The second kappa shape index (κ2) is 5.47. The van der Waals surface area contributed by atoms with E-state index in [1.54, 1.807) is 0 Å². The molecular weight excluding hydrogens is 333 g/mol. The quantitative estimate of drug-likeness (QED) is 0.572. The van der Waals surface area contributed by atoms with E-state index in [0.717, 1.165) is 25.1 Å². The largest absolute Gasteiger partial charge is 0.464 e. The van der Waals surface area contributed by atoms with E-state index < -0.39 is 41.0 Å². The van der Waals surface area contributed by atoms with Gasteiger partial charge in [-0.25, -0.2) is 19.1 Å². The Bertz CT molecular complexity index is 852. The van der Waals surface area contributed by atoms with Crippen molar-refractivity contribution in [3.8, 4) is 0 Å². The van der Waals surface area contributed by atoms with Crippen LogP contribution < -0.4 is 4.90 Å². The maximum absolute atomic E-state index is 14.1. The number of nitrogens with zero attached hydrogens (tertiary/aromatic N) is 3. The molecule has 2 heterocycles. The van der Waals surface area contributed by atoms with Gasteiger partial charge in [-0.3, -0.25) is 14.4 Å². The molecule has 0 saturated carbocycles. The lowest BCUT2D eigenvalue weighted by Gasteiger charge is -2.28. The number of carbonyl (C=O) groups excluding carboxylic acids is 4. The van der Waals surface area contributed by atoms with Crippen molar-refractivity contribution in [2.75, 3.05) is 12.0 Å². The number of esters is 1. The minimum atomic E-state index is -1.76. The van der Waals surface area contributed by atoms with Gasteiger partial charge in [-0.1, -0.05) is 12.1 Å². The Balaban J connectivity index is 2.18. The number of amides is 3. The Kier molecular flexibility index (Phi) is 3.66. The summed E-state index contributed by atoms with van der Waals surface area (Å²) < 4.78 is 18.7. The minimum Gasteiger partial charge on any atom is -0.464 e. The maximum Gasteiger partial charge on any atom is 0.355 e. The smallest absolute Gasteiger partial charge is 0.355 e. The lowest BCUT2D eigenvalue weighted by molar-refractivity contribution is -0.142. The monoisotopic (exact) mass is 347 g/mol. The molecule has 2 atom stereocenters. The van der Waals surface area contributed by atoms with E-state index in [-0.39, 0.29) is 11.4 Å². The summed E-state index contributed by atoms with van der Waals surface area (Å²) in [6.45, 7) is 2.47. The Morgan fingerprint density at radius 1 is 1.28 bits per heavy atom. The van der Waals surface area contributed by atoms with E-state index >= 15 is 0 Å². The molecule has 0 radical (unpaired) electrons. The maximum atomic E-state index is 14.1. The van der Waals surface area contributed by atoms with Crippen LogP contribution >= 0.6 is 0 Å². The first kappa shape index (κ1) is 16.7. The van der Waals surface area contributed by atoms with Crippen molar-refractivity contribution in [2.45, 2.75) is 19.4 Å². The molecule has 1 aromatic rings. The van der Waals surface area contributed by atoms with Gasteiger partial charge in [0, 0.05) is 6.92 Å². The molecule has 0 spiro atoms. The zero-order chi connectivity index (χ0) is 18.5. The molecule has 1 saturated heterocycles. The van der Waals surface area contributed by atoms with Crippen molar-refractivity contribution in [3.05, 3.63) is 30.1 Å². The van der Waals surface area contributed by atoms with Crippen LogP contribution in [0.4, 0.5) is 10.1 Å². The topological polar surface area (TPSA) is 96.3 Å². The van der Waals surface area contributed by atoms with Gasteiger partial charge in [0.05, 0.1) is 12.8 Å². The Morgan fingerprint density at radius 3 is 2.48 bits per heavy atom. The number of halogens is 1. The number of hydrazone groups is 1. The molecule has 130 valence electrons. The molecular formula is C16H14FN3O5. The van der Waals surface area contributed by atoms with Crippen LogP contribution in [0, 0.1) is 11.7 Å². The molecule has 2 aliphatic rings. The van der Waals surface area contributed by atoms with Gasteiger partial charge in [0.15, 0.2) is 11.3 Å². The van der Waals surface area contributed by atoms with Gasteiger partial charge in [0.25, 0.3) is 5.91 Å². The van der Waals surface area contributed by atoms with Gasteiger partial charge >= 0.3 is 5.97 Å². The fraction of sp³-hybridized carbons (Fsp3) is 0.312. The number of fused-ring (bicyclic) bond motifs is 1. The Morgan fingerprint density at radius 2 is 1.92 bits per heavy atom. The number of hydrogen-bond acceptors (Lipinski definition) is 6. The third-order valence-electron chi connectivity index (χ3n) is 4.37. The van der Waals surface area contributed by atoms with Crippen molar-refractivity contribution in [2.24, 2.45) is 11.0 Å². The standard InChI is InChI=1S/C16H14FN3O5/c1-8(21)20-16(2)11(12(18-20)14(23)25-3)13(22)19(15(16)24)10-7-5-4-6-9(10)17/h4-7,11H,1-3H3. The van der Waals surface area contributed by atoms with Gasteiger partial charge in [-0.2, -0.15) is 5.10 Å². The molecule has 3 rings (SSSR count). The number of benzene rings is 1. The highest BCUT2D eigenvalue weighted by atomic mass is 19.1. The molecule has 0 N–H and O–H groups in total. The number of hydrogen-bond donors (Lipinski definition) is 0. The van der Waals surface area contributed by atoms with E-state index in [4.69, 9.17) is 0 Å². The SMILES string of the molecule is COC(=O)C1=NN(C(C)=O)C2(C)C(=O)N(c3ccccc3F)C(=O)C12. The first-order chi connectivity index (χ1) is 11.7. The molecule has 1 fully saturated rings. The van der Waals surface area contributed by atoms with E-state index in [1.807, 2.05) is 0 Å². The van der Waals surface area contributed by atoms with Gasteiger partial charge in [-0.05, 0) is 19.1 Å².